The highest BCUT2D eigenvalue weighted by Crippen LogP contribution is 1.96. The fourth-order valence-corrected chi connectivity index (χ4v) is 1.37. The van der Waals surface area contributed by atoms with Crippen LogP contribution in [-0.4, -0.2) is 43.3 Å². The SMILES string of the molecule is CC(NC(N)=O)N1CCNCC1. The summed E-state index contributed by atoms with van der Waals surface area (Å²) in [7, 11) is 0. The highest BCUT2D eigenvalue weighted by molar-refractivity contribution is 5.71. The monoisotopic (exact) mass is 172 g/mol. The van der Waals surface area contributed by atoms with Gasteiger partial charge in [-0.1, -0.05) is 0 Å². The molecule has 1 heterocycles. The molecule has 1 aliphatic rings. The Morgan fingerprint density at radius 3 is 2.67 bits per heavy atom. The number of nitrogens with two attached hydrogens (primary N) is 1. The highest BCUT2D eigenvalue weighted by atomic mass is 16.2. The number of nitrogens with one attached hydrogen (secondary N) is 2. The van der Waals surface area contributed by atoms with Gasteiger partial charge in [0.2, 0.25) is 0 Å². The number of nitrogens with zero attached hydrogens (tertiary/aromatic N) is 1. The Balaban J connectivity index is 2.29. The van der Waals surface area contributed by atoms with Gasteiger partial charge < -0.3 is 16.4 Å². The van der Waals surface area contributed by atoms with E-state index in [0.717, 1.165) is 26.2 Å². The largest absolute Gasteiger partial charge is 0.352 e. The van der Waals surface area contributed by atoms with Crippen LogP contribution in [0.1, 0.15) is 6.92 Å². The van der Waals surface area contributed by atoms with Gasteiger partial charge in [0.05, 0.1) is 6.17 Å². The Bertz CT molecular complexity index is 155. The summed E-state index contributed by atoms with van der Waals surface area (Å²) >= 11 is 0. The zero-order chi connectivity index (χ0) is 8.97. The quantitative estimate of drug-likeness (QED) is 0.495. The van der Waals surface area contributed by atoms with Crippen molar-refractivity contribution < 1.29 is 4.79 Å². The number of hydrogen-bond acceptors (Lipinski definition) is 3. The molecule has 0 aromatic heterocycles. The normalized spacial score (nSPS) is 21.8. The smallest absolute Gasteiger partial charge is 0.313 e. The first-order valence-electron chi connectivity index (χ1n) is 4.21. The van der Waals surface area contributed by atoms with Crippen LogP contribution in [0.4, 0.5) is 4.79 Å². The van der Waals surface area contributed by atoms with E-state index < -0.39 is 6.03 Å². The Labute approximate surface area is 72.3 Å². The summed E-state index contributed by atoms with van der Waals surface area (Å²) in [4.78, 5) is 12.7. The molecule has 1 unspecified atom stereocenters. The van der Waals surface area contributed by atoms with Crippen molar-refractivity contribution in [2.75, 3.05) is 26.2 Å². The molecule has 70 valence electrons. The van der Waals surface area contributed by atoms with Crippen molar-refractivity contribution in [1.82, 2.24) is 15.5 Å². The summed E-state index contributed by atoms with van der Waals surface area (Å²) in [5.41, 5.74) is 5.01. The molecule has 4 N–H and O–H groups in total. The maximum Gasteiger partial charge on any atom is 0.313 e. The van der Waals surface area contributed by atoms with Crippen molar-refractivity contribution in [2.24, 2.45) is 5.73 Å². The van der Waals surface area contributed by atoms with Crippen molar-refractivity contribution >= 4 is 6.03 Å². The minimum Gasteiger partial charge on any atom is -0.352 e. The first-order valence-corrected chi connectivity index (χ1v) is 4.21. The number of carbonyl (C=O) groups is 1. The first-order chi connectivity index (χ1) is 5.70. The van der Waals surface area contributed by atoms with Crippen molar-refractivity contribution in [2.45, 2.75) is 13.1 Å². The Hall–Kier alpha value is -0.810. The molecule has 0 radical (unpaired) electrons. The second-order valence-electron chi connectivity index (χ2n) is 2.97. The van der Waals surface area contributed by atoms with E-state index in [9.17, 15) is 4.79 Å². The molecule has 2 amide bonds. The minimum atomic E-state index is -0.457. The molecule has 1 aliphatic heterocycles. The van der Waals surface area contributed by atoms with Gasteiger partial charge in [-0.15, -0.1) is 0 Å². The van der Waals surface area contributed by atoms with Crippen molar-refractivity contribution in [1.29, 1.82) is 0 Å². The molecule has 0 aromatic carbocycles. The molecule has 0 aliphatic carbocycles. The topological polar surface area (TPSA) is 70.4 Å². The zero-order valence-corrected chi connectivity index (χ0v) is 7.34. The lowest BCUT2D eigenvalue weighted by Gasteiger charge is -2.32. The zero-order valence-electron chi connectivity index (χ0n) is 7.34. The van der Waals surface area contributed by atoms with Crippen LogP contribution in [0, 0.1) is 0 Å². The van der Waals surface area contributed by atoms with E-state index in [-0.39, 0.29) is 6.17 Å². The third kappa shape index (κ3) is 2.67. The summed E-state index contributed by atoms with van der Waals surface area (Å²) in [6.07, 6.45) is 0.0459. The van der Waals surface area contributed by atoms with Crippen molar-refractivity contribution in [3.8, 4) is 0 Å². The van der Waals surface area contributed by atoms with Crippen LogP contribution < -0.4 is 16.4 Å². The van der Waals surface area contributed by atoms with Crippen LogP contribution >= 0.6 is 0 Å². The van der Waals surface area contributed by atoms with Crippen LogP contribution in [0.15, 0.2) is 0 Å². The summed E-state index contributed by atoms with van der Waals surface area (Å²) < 4.78 is 0. The van der Waals surface area contributed by atoms with Crippen LogP contribution in [0.2, 0.25) is 0 Å². The van der Waals surface area contributed by atoms with E-state index in [1.165, 1.54) is 0 Å². The fraction of sp³-hybridized carbons (Fsp3) is 0.857. The average molecular weight is 172 g/mol. The minimum absolute atomic E-state index is 0.0459. The van der Waals surface area contributed by atoms with Gasteiger partial charge in [0.25, 0.3) is 0 Å². The molecule has 1 rings (SSSR count). The standard InChI is InChI=1S/C7H16N4O/c1-6(10-7(8)12)11-4-2-9-3-5-11/h6,9H,2-5H2,1H3,(H3,8,10,12). The van der Waals surface area contributed by atoms with E-state index in [2.05, 4.69) is 15.5 Å². The number of rotatable bonds is 2. The number of piperazine rings is 1. The molecule has 0 bridgehead atoms. The van der Waals surface area contributed by atoms with E-state index in [4.69, 9.17) is 5.73 Å². The van der Waals surface area contributed by atoms with E-state index in [1.54, 1.807) is 0 Å². The molecule has 1 saturated heterocycles. The number of amides is 2. The molecule has 1 atom stereocenters. The average Bonchev–Trinajstić information content (AvgIpc) is 2.05. The molecule has 5 heteroatoms. The lowest BCUT2D eigenvalue weighted by Crippen LogP contribution is -2.54. The molecular weight excluding hydrogens is 156 g/mol. The van der Waals surface area contributed by atoms with E-state index in [0.29, 0.717) is 0 Å². The van der Waals surface area contributed by atoms with Gasteiger partial charge >= 0.3 is 6.03 Å². The summed E-state index contributed by atoms with van der Waals surface area (Å²) in [5, 5.41) is 5.89. The lowest BCUT2D eigenvalue weighted by atomic mass is 10.3. The van der Waals surface area contributed by atoms with Crippen LogP contribution in [-0.2, 0) is 0 Å². The molecule has 12 heavy (non-hydrogen) atoms. The molecule has 0 spiro atoms. The fourth-order valence-electron chi connectivity index (χ4n) is 1.37. The van der Waals surface area contributed by atoms with Crippen LogP contribution in [0.25, 0.3) is 0 Å². The summed E-state index contributed by atoms with van der Waals surface area (Å²) in [5.74, 6) is 0. The molecule has 0 aromatic rings. The second-order valence-corrected chi connectivity index (χ2v) is 2.97. The predicted molar refractivity (Wildman–Crippen MR) is 46.6 cm³/mol. The second kappa shape index (κ2) is 4.27. The molecule has 5 nitrogen and oxygen atoms in total. The number of carbonyl (C=O) groups excluding carboxylic acids is 1. The lowest BCUT2D eigenvalue weighted by molar-refractivity contribution is 0.160. The van der Waals surface area contributed by atoms with Crippen LogP contribution in [0.5, 0.6) is 0 Å². The van der Waals surface area contributed by atoms with Crippen molar-refractivity contribution in [3.05, 3.63) is 0 Å². The first kappa shape index (κ1) is 9.28. The molecule has 1 fully saturated rings. The van der Waals surface area contributed by atoms with E-state index >= 15 is 0 Å². The summed E-state index contributed by atoms with van der Waals surface area (Å²) in [6, 6.07) is -0.457. The number of urea groups is 1. The van der Waals surface area contributed by atoms with Gasteiger partial charge in [0.15, 0.2) is 0 Å². The summed E-state index contributed by atoms with van der Waals surface area (Å²) in [6.45, 7) is 5.81. The molecular formula is C7H16N4O. The third-order valence-electron chi connectivity index (χ3n) is 2.05. The van der Waals surface area contributed by atoms with Crippen LogP contribution in [0.3, 0.4) is 0 Å². The predicted octanol–water partition coefficient (Wildman–Crippen LogP) is -1.09. The van der Waals surface area contributed by atoms with Gasteiger partial charge in [-0.05, 0) is 6.92 Å². The Morgan fingerprint density at radius 1 is 1.58 bits per heavy atom. The van der Waals surface area contributed by atoms with Gasteiger partial charge in [0, 0.05) is 26.2 Å². The van der Waals surface area contributed by atoms with Crippen molar-refractivity contribution in [3.63, 3.8) is 0 Å². The maximum absolute atomic E-state index is 10.5. The highest BCUT2D eigenvalue weighted by Gasteiger charge is 2.16. The third-order valence-corrected chi connectivity index (χ3v) is 2.05. The van der Waals surface area contributed by atoms with Gasteiger partial charge in [-0.25, -0.2) is 4.79 Å². The Kier molecular flexibility index (Phi) is 3.31. The van der Waals surface area contributed by atoms with Gasteiger partial charge in [0.1, 0.15) is 0 Å². The number of primary amides is 1. The number of hydrogen-bond donors (Lipinski definition) is 3. The Morgan fingerprint density at radius 2 is 2.17 bits per heavy atom. The van der Waals surface area contributed by atoms with E-state index in [1.807, 2.05) is 6.92 Å². The molecule has 0 saturated carbocycles. The van der Waals surface area contributed by atoms with Gasteiger partial charge in [-0.2, -0.15) is 0 Å². The maximum atomic E-state index is 10.5. The van der Waals surface area contributed by atoms with Gasteiger partial charge in [-0.3, -0.25) is 4.90 Å².